The van der Waals surface area contributed by atoms with E-state index in [1.807, 2.05) is 0 Å². The first-order chi connectivity index (χ1) is 12.9. The molecule has 1 atom stereocenters. The van der Waals surface area contributed by atoms with Crippen molar-refractivity contribution in [1.82, 2.24) is 0 Å². The van der Waals surface area contributed by atoms with Crippen molar-refractivity contribution < 1.29 is 23.5 Å². The van der Waals surface area contributed by atoms with Crippen LogP contribution in [0.1, 0.15) is 37.0 Å². The second kappa shape index (κ2) is 9.92. The summed E-state index contributed by atoms with van der Waals surface area (Å²) in [5.41, 5.74) is 0.539. The molecule has 0 aromatic heterocycles. The number of carbonyl (C=O) groups is 2. The standard InChI is InChI=1S/C20H21ClFNO4/c1-3-4-11-26-16-8-5-14(6-9-16)20(25)27-13(2)19(24)23-18-10-7-15(22)12-17(18)21/h5-10,12-13H,3-4,11H2,1-2H3,(H,23,24)/t13-/m1/s1. The lowest BCUT2D eigenvalue weighted by atomic mass is 10.2. The van der Waals surface area contributed by atoms with Crippen LogP contribution in [-0.4, -0.2) is 24.6 Å². The highest BCUT2D eigenvalue weighted by atomic mass is 35.5. The minimum atomic E-state index is -1.06. The van der Waals surface area contributed by atoms with Crippen LogP contribution < -0.4 is 10.1 Å². The fourth-order valence-electron chi connectivity index (χ4n) is 2.13. The Hall–Kier alpha value is -2.60. The van der Waals surface area contributed by atoms with Gasteiger partial charge in [-0.3, -0.25) is 4.79 Å². The molecule has 0 aliphatic heterocycles. The van der Waals surface area contributed by atoms with Gasteiger partial charge in [0.25, 0.3) is 5.91 Å². The van der Waals surface area contributed by atoms with Crippen molar-refractivity contribution in [3.63, 3.8) is 0 Å². The fraction of sp³-hybridized carbons (Fsp3) is 0.300. The van der Waals surface area contributed by atoms with Crippen molar-refractivity contribution >= 4 is 29.2 Å². The van der Waals surface area contributed by atoms with Gasteiger partial charge in [-0.05, 0) is 55.8 Å². The van der Waals surface area contributed by atoms with Gasteiger partial charge < -0.3 is 14.8 Å². The number of unbranched alkanes of at least 4 members (excludes halogenated alkanes) is 1. The summed E-state index contributed by atoms with van der Waals surface area (Å²) in [6.45, 7) is 4.13. The van der Waals surface area contributed by atoms with Crippen LogP contribution in [0.3, 0.4) is 0 Å². The maximum absolute atomic E-state index is 13.0. The minimum Gasteiger partial charge on any atom is -0.494 e. The van der Waals surface area contributed by atoms with Gasteiger partial charge in [0.05, 0.1) is 22.9 Å². The topological polar surface area (TPSA) is 64.6 Å². The minimum absolute atomic E-state index is 0.0561. The number of nitrogens with one attached hydrogen (secondary N) is 1. The molecule has 0 bridgehead atoms. The number of benzene rings is 2. The molecule has 7 heteroatoms. The third kappa shape index (κ3) is 6.25. The van der Waals surface area contributed by atoms with Crippen LogP contribution in [0.2, 0.25) is 5.02 Å². The number of hydrogen-bond acceptors (Lipinski definition) is 4. The number of hydrogen-bond donors (Lipinski definition) is 1. The molecule has 1 N–H and O–H groups in total. The van der Waals surface area contributed by atoms with Crippen molar-refractivity contribution in [2.24, 2.45) is 0 Å². The first-order valence-corrected chi connectivity index (χ1v) is 8.98. The maximum Gasteiger partial charge on any atom is 0.338 e. The second-order valence-electron chi connectivity index (χ2n) is 5.89. The van der Waals surface area contributed by atoms with E-state index in [1.54, 1.807) is 24.3 Å². The van der Waals surface area contributed by atoms with Crippen LogP contribution in [0.5, 0.6) is 5.75 Å². The van der Waals surface area contributed by atoms with Gasteiger partial charge in [0.15, 0.2) is 6.10 Å². The highest BCUT2D eigenvalue weighted by Gasteiger charge is 2.20. The van der Waals surface area contributed by atoms with Crippen LogP contribution in [-0.2, 0) is 9.53 Å². The Bertz CT molecular complexity index is 795. The average Bonchev–Trinajstić information content (AvgIpc) is 2.64. The first-order valence-electron chi connectivity index (χ1n) is 8.60. The van der Waals surface area contributed by atoms with Crippen molar-refractivity contribution in [3.05, 3.63) is 58.9 Å². The van der Waals surface area contributed by atoms with Gasteiger partial charge in [-0.15, -0.1) is 0 Å². The summed E-state index contributed by atoms with van der Waals surface area (Å²) < 4.78 is 23.7. The molecule has 2 aromatic rings. The van der Waals surface area contributed by atoms with Crippen LogP contribution in [0.4, 0.5) is 10.1 Å². The Balaban J connectivity index is 1.91. The Morgan fingerprint density at radius 3 is 2.52 bits per heavy atom. The van der Waals surface area contributed by atoms with E-state index in [4.69, 9.17) is 21.1 Å². The largest absolute Gasteiger partial charge is 0.494 e. The van der Waals surface area contributed by atoms with Crippen molar-refractivity contribution in [2.75, 3.05) is 11.9 Å². The lowest BCUT2D eigenvalue weighted by Gasteiger charge is -2.14. The van der Waals surface area contributed by atoms with E-state index in [1.165, 1.54) is 19.1 Å². The molecule has 2 rings (SSSR count). The molecule has 0 fully saturated rings. The zero-order valence-electron chi connectivity index (χ0n) is 15.1. The average molecular weight is 394 g/mol. The lowest BCUT2D eigenvalue weighted by molar-refractivity contribution is -0.123. The van der Waals surface area contributed by atoms with Crippen LogP contribution >= 0.6 is 11.6 Å². The molecule has 0 saturated heterocycles. The summed E-state index contributed by atoms with van der Waals surface area (Å²) in [4.78, 5) is 24.3. The molecular formula is C20H21ClFNO4. The van der Waals surface area contributed by atoms with Crippen molar-refractivity contribution in [1.29, 1.82) is 0 Å². The number of rotatable bonds is 8. The van der Waals surface area contributed by atoms with Gasteiger partial charge in [-0.2, -0.15) is 0 Å². The van der Waals surface area contributed by atoms with E-state index in [-0.39, 0.29) is 10.7 Å². The van der Waals surface area contributed by atoms with Gasteiger partial charge in [0, 0.05) is 0 Å². The zero-order chi connectivity index (χ0) is 19.8. The lowest BCUT2D eigenvalue weighted by Crippen LogP contribution is -2.30. The van der Waals surface area contributed by atoms with E-state index in [0.717, 1.165) is 18.9 Å². The molecule has 0 radical (unpaired) electrons. The first kappa shape index (κ1) is 20.7. The molecule has 1 amide bonds. The quantitative estimate of drug-likeness (QED) is 0.514. The summed E-state index contributed by atoms with van der Waals surface area (Å²) in [7, 11) is 0. The summed E-state index contributed by atoms with van der Waals surface area (Å²) in [5, 5.41) is 2.55. The van der Waals surface area contributed by atoms with Gasteiger partial charge in [0.2, 0.25) is 0 Å². The van der Waals surface area contributed by atoms with Gasteiger partial charge in [-0.25, -0.2) is 9.18 Å². The predicted molar refractivity (Wildman–Crippen MR) is 102 cm³/mol. The van der Waals surface area contributed by atoms with E-state index in [0.29, 0.717) is 17.9 Å². The fourth-order valence-corrected chi connectivity index (χ4v) is 2.34. The molecule has 2 aromatic carbocycles. The molecule has 5 nitrogen and oxygen atoms in total. The van der Waals surface area contributed by atoms with Gasteiger partial charge in [0.1, 0.15) is 11.6 Å². The Morgan fingerprint density at radius 2 is 1.89 bits per heavy atom. The molecule has 0 aliphatic carbocycles. The summed E-state index contributed by atoms with van der Waals surface area (Å²) in [6.07, 6.45) is 0.932. The number of amides is 1. The van der Waals surface area contributed by atoms with Gasteiger partial charge in [-0.1, -0.05) is 24.9 Å². The third-order valence-electron chi connectivity index (χ3n) is 3.70. The van der Waals surface area contributed by atoms with Crippen molar-refractivity contribution in [3.8, 4) is 5.75 Å². The van der Waals surface area contributed by atoms with E-state index < -0.39 is 23.8 Å². The summed E-state index contributed by atoms with van der Waals surface area (Å²) in [5.74, 6) is -1.06. The van der Waals surface area contributed by atoms with Crippen LogP contribution in [0, 0.1) is 5.82 Å². The van der Waals surface area contributed by atoms with Crippen molar-refractivity contribution in [2.45, 2.75) is 32.8 Å². The van der Waals surface area contributed by atoms with E-state index in [9.17, 15) is 14.0 Å². The number of anilines is 1. The smallest absolute Gasteiger partial charge is 0.338 e. The SMILES string of the molecule is CCCCOc1ccc(C(=O)O[C@H](C)C(=O)Nc2ccc(F)cc2Cl)cc1. The number of carbonyl (C=O) groups excluding carboxylic acids is 2. The number of esters is 1. The van der Waals surface area contributed by atoms with E-state index in [2.05, 4.69) is 12.2 Å². The normalized spacial score (nSPS) is 11.6. The molecule has 0 unspecified atom stereocenters. The Kier molecular flexibility index (Phi) is 7.61. The maximum atomic E-state index is 13.0. The Morgan fingerprint density at radius 1 is 1.19 bits per heavy atom. The molecular weight excluding hydrogens is 373 g/mol. The molecule has 144 valence electrons. The van der Waals surface area contributed by atoms with Crippen LogP contribution in [0.15, 0.2) is 42.5 Å². The summed E-state index contributed by atoms with van der Waals surface area (Å²) in [6, 6.07) is 10.1. The third-order valence-corrected chi connectivity index (χ3v) is 4.01. The molecule has 0 spiro atoms. The number of halogens is 2. The molecule has 27 heavy (non-hydrogen) atoms. The number of ether oxygens (including phenoxy) is 2. The monoisotopic (exact) mass is 393 g/mol. The van der Waals surface area contributed by atoms with E-state index >= 15 is 0 Å². The second-order valence-corrected chi connectivity index (χ2v) is 6.29. The highest BCUT2D eigenvalue weighted by molar-refractivity contribution is 6.33. The zero-order valence-corrected chi connectivity index (χ0v) is 15.9. The van der Waals surface area contributed by atoms with Crippen LogP contribution in [0.25, 0.3) is 0 Å². The summed E-state index contributed by atoms with van der Waals surface area (Å²) >= 11 is 5.87. The van der Waals surface area contributed by atoms with Gasteiger partial charge >= 0.3 is 5.97 Å². The molecule has 0 aliphatic rings. The highest BCUT2D eigenvalue weighted by Crippen LogP contribution is 2.22. The molecule has 0 saturated carbocycles. The molecule has 0 heterocycles. The Labute approximate surface area is 162 Å². The predicted octanol–water partition coefficient (Wildman–Crippen LogP) is 4.84.